The van der Waals surface area contributed by atoms with E-state index in [2.05, 4.69) is 23.3 Å². The number of rotatable bonds is 2. The average molecular weight is 253 g/mol. The molecule has 0 aromatic carbocycles. The lowest BCUT2D eigenvalue weighted by atomic mass is 10.0. The predicted molar refractivity (Wildman–Crippen MR) is 73.6 cm³/mol. The molecule has 1 N–H and O–H groups in total. The van der Waals surface area contributed by atoms with Crippen molar-refractivity contribution < 1.29 is 0 Å². The molecular formula is C14H21ClN2. The van der Waals surface area contributed by atoms with Gasteiger partial charge in [-0.05, 0) is 43.7 Å². The minimum atomic E-state index is 0.557. The van der Waals surface area contributed by atoms with E-state index in [1.807, 2.05) is 13.1 Å². The van der Waals surface area contributed by atoms with Crippen LogP contribution in [-0.2, 0) is 0 Å². The third-order valence-corrected chi connectivity index (χ3v) is 3.89. The van der Waals surface area contributed by atoms with E-state index in [9.17, 15) is 0 Å². The normalized spacial score (nSPS) is 25.4. The fourth-order valence-corrected chi connectivity index (χ4v) is 2.66. The highest BCUT2D eigenvalue weighted by Gasteiger charge is 2.16. The van der Waals surface area contributed by atoms with E-state index in [-0.39, 0.29) is 0 Å². The van der Waals surface area contributed by atoms with Crippen molar-refractivity contribution in [1.29, 1.82) is 0 Å². The summed E-state index contributed by atoms with van der Waals surface area (Å²) in [6.45, 7) is 4.40. The van der Waals surface area contributed by atoms with E-state index < -0.39 is 0 Å². The highest BCUT2D eigenvalue weighted by molar-refractivity contribution is 6.31. The first kappa shape index (κ1) is 12.7. The lowest BCUT2D eigenvalue weighted by Crippen LogP contribution is -2.18. The van der Waals surface area contributed by atoms with Crippen LogP contribution in [0.2, 0.25) is 5.15 Å². The summed E-state index contributed by atoms with van der Waals surface area (Å²) in [4.78, 5) is 4.19. The van der Waals surface area contributed by atoms with Crippen molar-refractivity contribution in [1.82, 2.24) is 4.98 Å². The van der Waals surface area contributed by atoms with Gasteiger partial charge in [0.05, 0.1) is 5.69 Å². The Morgan fingerprint density at radius 1 is 1.29 bits per heavy atom. The molecule has 17 heavy (non-hydrogen) atoms. The fourth-order valence-electron chi connectivity index (χ4n) is 2.51. The molecule has 0 bridgehead atoms. The quantitative estimate of drug-likeness (QED) is 0.622. The Hall–Kier alpha value is -0.760. The third kappa shape index (κ3) is 3.60. The second-order valence-electron chi connectivity index (χ2n) is 5.31. The minimum absolute atomic E-state index is 0.557. The van der Waals surface area contributed by atoms with Crippen LogP contribution in [0.25, 0.3) is 0 Å². The standard InChI is InChI=1S/C14H21ClN2/c1-10-4-3-5-12(7-6-10)17-13-8-11(2)9-16-14(13)15/h8-10,12,17H,3-7H2,1-2H3. The second kappa shape index (κ2) is 5.72. The molecule has 0 radical (unpaired) electrons. The van der Waals surface area contributed by atoms with Crippen molar-refractivity contribution in [2.75, 3.05) is 5.32 Å². The number of aryl methyl sites for hydroxylation is 1. The van der Waals surface area contributed by atoms with Crippen LogP contribution < -0.4 is 5.32 Å². The molecule has 2 unspecified atom stereocenters. The number of anilines is 1. The van der Waals surface area contributed by atoms with Gasteiger partial charge in [0.25, 0.3) is 0 Å². The summed E-state index contributed by atoms with van der Waals surface area (Å²) in [5.74, 6) is 0.868. The summed E-state index contributed by atoms with van der Waals surface area (Å²) in [5.41, 5.74) is 2.14. The molecule has 94 valence electrons. The Morgan fingerprint density at radius 2 is 2.12 bits per heavy atom. The van der Waals surface area contributed by atoms with E-state index >= 15 is 0 Å². The summed E-state index contributed by atoms with van der Waals surface area (Å²) in [6, 6.07) is 2.64. The zero-order valence-electron chi connectivity index (χ0n) is 10.7. The molecule has 2 atom stereocenters. The van der Waals surface area contributed by atoms with Crippen LogP contribution in [0.3, 0.4) is 0 Å². The monoisotopic (exact) mass is 252 g/mol. The Balaban J connectivity index is 2.02. The highest BCUT2D eigenvalue weighted by atomic mass is 35.5. The van der Waals surface area contributed by atoms with Gasteiger partial charge in [-0.2, -0.15) is 0 Å². The Bertz CT molecular complexity index is 378. The average Bonchev–Trinajstić information content (AvgIpc) is 2.49. The number of aromatic nitrogens is 1. The number of pyridine rings is 1. The van der Waals surface area contributed by atoms with Gasteiger partial charge in [-0.1, -0.05) is 31.4 Å². The summed E-state index contributed by atoms with van der Waals surface area (Å²) in [5, 5.41) is 4.15. The molecule has 0 saturated heterocycles. The smallest absolute Gasteiger partial charge is 0.152 e. The molecule has 0 aliphatic heterocycles. The summed E-state index contributed by atoms with van der Waals surface area (Å²) in [7, 11) is 0. The van der Waals surface area contributed by atoms with E-state index in [0.29, 0.717) is 11.2 Å². The van der Waals surface area contributed by atoms with E-state index in [1.165, 1.54) is 32.1 Å². The molecule has 1 aromatic heterocycles. The van der Waals surface area contributed by atoms with Crippen LogP contribution in [-0.4, -0.2) is 11.0 Å². The summed E-state index contributed by atoms with van der Waals surface area (Å²) < 4.78 is 0. The van der Waals surface area contributed by atoms with Crippen molar-refractivity contribution in [2.45, 2.75) is 52.0 Å². The molecule has 0 spiro atoms. The number of hydrogen-bond donors (Lipinski definition) is 1. The van der Waals surface area contributed by atoms with E-state index in [0.717, 1.165) is 17.2 Å². The molecule has 1 aliphatic rings. The number of hydrogen-bond acceptors (Lipinski definition) is 2. The van der Waals surface area contributed by atoms with Gasteiger partial charge in [-0.25, -0.2) is 4.98 Å². The van der Waals surface area contributed by atoms with Crippen LogP contribution in [0.15, 0.2) is 12.3 Å². The molecule has 1 saturated carbocycles. The van der Waals surface area contributed by atoms with Crippen molar-refractivity contribution in [2.24, 2.45) is 5.92 Å². The maximum atomic E-state index is 6.11. The molecule has 0 amide bonds. The SMILES string of the molecule is Cc1cnc(Cl)c(NC2CCCC(C)CC2)c1. The van der Waals surface area contributed by atoms with Gasteiger partial charge in [0, 0.05) is 12.2 Å². The molecule has 2 nitrogen and oxygen atoms in total. The zero-order chi connectivity index (χ0) is 12.3. The lowest BCUT2D eigenvalue weighted by molar-refractivity contribution is 0.502. The van der Waals surface area contributed by atoms with Crippen LogP contribution in [0, 0.1) is 12.8 Å². The van der Waals surface area contributed by atoms with Crippen LogP contribution in [0.5, 0.6) is 0 Å². The fraction of sp³-hybridized carbons (Fsp3) is 0.643. The minimum Gasteiger partial charge on any atom is -0.380 e. The largest absolute Gasteiger partial charge is 0.380 e. The molecule has 1 heterocycles. The Kier molecular flexibility index (Phi) is 4.27. The first-order valence-corrected chi connectivity index (χ1v) is 6.91. The van der Waals surface area contributed by atoms with Crippen molar-refractivity contribution in [3.05, 3.63) is 23.0 Å². The molecule has 1 aromatic rings. The van der Waals surface area contributed by atoms with Gasteiger partial charge in [0.2, 0.25) is 0 Å². The van der Waals surface area contributed by atoms with Gasteiger partial charge in [0.15, 0.2) is 5.15 Å². The summed E-state index contributed by atoms with van der Waals surface area (Å²) >= 11 is 6.11. The first-order chi connectivity index (χ1) is 8.15. The molecular weight excluding hydrogens is 232 g/mol. The highest BCUT2D eigenvalue weighted by Crippen LogP contribution is 2.27. The molecule has 1 fully saturated rings. The van der Waals surface area contributed by atoms with Gasteiger partial charge < -0.3 is 5.32 Å². The summed E-state index contributed by atoms with van der Waals surface area (Å²) in [6.07, 6.45) is 8.28. The topological polar surface area (TPSA) is 24.9 Å². The number of nitrogens with one attached hydrogen (secondary N) is 1. The van der Waals surface area contributed by atoms with E-state index in [4.69, 9.17) is 11.6 Å². The first-order valence-electron chi connectivity index (χ1n) is 6.54. The molecule has 1 aliphatic carbocycles. The van der Waals surface area contributed by atoms with Gasteiger partial charge in [0.1, 0.15) is 0 Å². The Labute approximate surface area is 109 Å². The van der Waals surface area contributed by atoms with Crippen molar-refractivity contribution in [3.63, 3.8) is 0 Å². The maximum Gasteiger partial charge on any atom is 0.152 e. The third-order valence-electron chi connectivity index (χ3n) is 3.59. The second-order valence-corrected chi connectivity index (χ2v) is 5.66. The maximum absolute atomic E-state index is 6.11. The predicted octanol–water partition coefficient (Wildman–Crippen LogP) is 4.42. The van der Waals surface area contributed by atoms with E-state index in [1.54, 1.807) is 0 Å². The lowest BCUT2D eigenvalue weighted by Gasteiger charge is -2.18. The molecule has 2 rings (SSSR count). The van der Waals surface area contributed by atoms with Crippen LogP contribution in [0.4, 0.5) is 5.69 Å². The van der Waals surface area contributed by atoms with Crippen LogP contribution in [0.1, 0.15) is 44.6 Å². The number of halogens is 1. The van der Waals surface area contributed by atoms with Crippen LogP contribution >= 0.6 is 11.6 Å². The van der Waals surface area contributed by atoms with Crippen molar-refractivity contribution in [3.8, 4) is 0 Å². The van der Waals surface area contributed by atoms with Gasteiger partial charge in [-0.3, -0.25) is 0 Å². The van der Waals surface area contributed by atoms with Crippen molar-refractivity contribution >= 4 is 17.3 Å². The zero-order valence-corrected chi connectivity index (χ0v) is 11.4. The Morgan fingerprint density at radius 3 is 2.94 bits per heavy atom. The molecule has 3 heteroatoms. The number of nitrogens with zero attached hydrogens (tertiary/aromatic N) is 1. The van der Waals surface area contributed by atoms with Gasteiger partial charge >= 0.3 is 0 Å². The van der Waals surface area contributed by atoms with Gasteiger partial charge in [-0.15, -0.1) is 0 Å².